The first-order valence-corrected chi connectivity index (χ1v) is 4.81. The number of aliphatic imine (C=N–C) groups is 1. The van der Waals surface area contributed by atoms with E-state index in [0.717, 1.165) is 10.0 Å². The van der Waals surface area contributed by atoms with Gasteiger partial charge in [-0.05, 0) is 17.2 Å². The maximum atomic E-state index is 12.3. The molecule has 76 valence electrons. The molecule has 0 spiro atoms. The van der Waals surface area contributed by atoms with Crippen molar-refractivity contribution in [3.8, 4) is 0 Å². The lowest BCUT2D eigenvalue weighted by atomic mass is 10.1. The van der Waals surface area contributed by atoms with E-state index in [2.05, 4.69) is 20.9 Å². The van der Waals surface area contributed by atoms with Gasteiger partial charge in [-0.25, -0.2) is 9.38 Å². The first-order valence-electron chi connectivity index (χ1n) is 4.02. The van der Waals surface area contributed by atoms with Crippen LogP contribution < -0.4 is 11.5 Å². The molecule has 0 radical (unpaired) electrons. The van der Waals surface area contributed by atoms with Crippen molar-refractivity contribution in [3.63, 3.8) is 0 Å². The van der Waals surface area contributed by atoms with Crippen LogP contribution in [-0.2, 0) is 13.2 Å². The summed E-state index contributed by atoms with van der Waals surface area (Å²) in [7, 11) is 0. The molecule has 1 aromatic carbocycles. The SMILES string of the molecule is NC(N)=NCc1ccc(CF)c(Br)c1. The third kappa shape index (κ3) is 2.99. The summed E-state index contributed by atoms with van der Waals surface area (Å²) in [5.41, 5.74) is 11.9. The van der Waals surface area contributed by atoms with E-state index in [1.807, 2.05) is 0 Å². The van der Waals surface area contributed by atoms with Gasteiger partial charge >= 0.3 is 0 Å². The number of halogens is 2. The van der Waals surface area contributed by atoms with Crippen molar-refractivity contribution in [1.82, 2.24) is 0 Å². The highest BCUT2D eigenvalue weighted by atomic mass is 79.9. The standard InChI is InChI=1S/C9H11BrFN3/c10-8-3-6(5-14-9(12)13)1-2-7(8)4-11/h1-3H,4-5H2,(H4,12,13,14). The Morgan fingerprint density at radius 3 is 2.64 bits per heavy atom. The van der Waals surface area contributed by atoms with Crippen molar-refractivity contribution in [2.45, 2.75) is 13.2 Å². The molecule has 0 heterocycles. The summed E-state index contributed by atoms with van der Waals surface area (Å²) in [5.74, 6) is 0.0516. The molecule has 0 aromatic heterocycles. The Morgan fingerprint density at radius 1 is 1.43 bits per heavy atom. The number of guanidine groups is 1. The van der Waals surface area contributed by atoms with Gasteiger partial charge in [0, 0.05) is 4.47 Å². The second kappa shape index (κ2) is 4.95. The number of hydrogen-bond acceptors (Lipinski definition) is 1. The predicted octanol–water partition coefficient (Wildman–Crippen LogP) is 1.69. The van der Waals surface area contributed by atoms with E-state index in [-0.39, 0.29) is 5.96 Å². The average Bonchev–Trinajstić information content (AvgIpc) is 2.15. The fraction of sp³-hybridized carbons (Fsp3) is 0.222. The zero-order valence-electron chi connectivity index (χ0n) is 7.50. The second-order valence-corrected chi connectivity index (χ2v) is 3.65. The van der Waals surface area contributed by atoms with Gasteiger partial charge < -0.3 is 11.5 Å². The van der Waals surface area contributed by atoms with Crippen LogP contribution in [0.25, 0.3) is 0 Å². The van der Waals surface area contributed by atoms with Crippen LogP contribution in [0.1, 0.15) is 11.1 Å². The number of benzene rings is 1. The summed E-state index contributed by atoms with van der Waals surface area (Å²) in [6.45, 7) is -0.0728. The molecular weight excluding hydrogens is 249 g/mol. The Morgan fingerprint density at radius 2 is 2.14 bits per heavy atom. The molecule has 1 aromatic rings. The minimum absolute atomic E-state index is 0.0516. The Bertz CT molecular complexity index is 348. The highest BCUT2D eigenvalue weighted by molar-refractivity contribution is 9.10. The van der Waals surface area contributed by atoms with E-state index in [4.69, 9.17) is 11.5 Å². The van der Waals surface area contributed by atoms with Gasteiger partial charge in [-0.3, -0.25) is 0 Å². The van der Waals surface area contributed by atoms with Crippen molar-refractivity contribution >= 4 is 21.9 Å². The maximum Gasteiger partial charge on any atom is 0.186 e. The molecule has 0 unspecified atom stereocenters. The number of alkyl halides is 1. The van der Waals surface area contributed by atoms with Crippen molar-refractivity contribution in [2.75, 3.05) is 0 Å². The zero-order valence-corrected chi connectivity index (χ0v) is 9.09. The van der Waals surface area contributed by atoms with Crippen LogP contribution in [0.3, 0.4) is 0 Å². The average molecular weight is 260 g/mol. The topological polar surface area (TPSA) is 64.4 Å². The summed E-state index contributed by atoms with van der Waals surface area (Å²) in [5, 5.41) is 0. The summed E-state index contributed by atoms with van der Waals surface area (Å²) in [4.78, 5) is 3.85. The normalized spacial score (nSPS) is 9.86. The van der Waals surface area contributed by atoms with E-state index < -0.39 is 6.67 Å². The van der Waals surface area contributed by atoms with Crippen LogP contribution in [0, 0.1) is 0 Å². The Labute approximate surface area is 90.1 Å². The number of hydrogen-bond donors (Lipinski definition) is 2. The van der Waals surface area contributed by atoms with E-state index in [1.54, 1.807) is 18.2 Å². The number of nitrogens with zero attached hydrogens (tertiary/aromatic N) is 1. The van der Waals surface area contributed by atoms with Gasteiger partial charge in [0.05, 0.1) is 6.54 Å². The molecule has 0 aliphatic heterocycles. The van der Waals surface area contributed by atoms with Gasteiger partial charge in [0.25, 0.3) is 0 Å². The van der Waals surface area contributed by atoms with Crippen LogP contribution in [0.4, 0.5) is 4.39 Å². The van der Waals surface area contributed by atoms with Crippen molar-refractivity contribution < 1.29 is 4.39 Å². The quantitative estimate of drug-likeness (QED) is 0.641. The predicted molar refractivity (Wildman–Crippen MR) is 58.5 cm³/mol. The van der Waals surface area contributed by atoms with Gasteiger partial charge in [-0.15, -0.1) is 0 Å². The largest absolute Gasteiger partial charge is 0.370 e. The van der Waals surface area contributed by atoms with Crippen molar-refractivity contribution in [1.29, 1.82) is 0 Å². The van der Waals surface area contributed by atoms with Gasteiger partial charge in [-0.1, -0.05) is 28.1 Å². The number of nitrogens with two attached hydrogens (primary N) is 2. The van der Waals surface area contributed by atoms with E-state index in [0.29, 0.717) is 12.1 Å². The van der Waals surface area contributed by atoms with Crippen LogP contribution in [-0.4, -0.2) is 5.96 Å². The molecule has 0 atom stereocenters. The third-order valence-corrected chi connectivity index (χ3v) is 2.44. The molecule has 5 heteroatoms. The minimum atomic E-state index is -0.483. The molecule has 0 bridgehead atoms. The highest BCUT2D eigenvalue weighted by Crippen LogP contribution is 2.19. The van der Waals surface area contributed by atoms with Crippen LogP contribution in [0.5, 0.6) is 0 Å². The Balaban J connectivity index is 2.81. The lowest BCUT2D eigenvalue weighted by Crippen LogP contribution is -2.22. The molecule has 14 heavy (non-hydrogen) atoms. The summed E-state index contributed by atoms with van der Waals surface area (Å²) in [6.07, 6.45) is 0. The molecule has 0 aliphatic rings. The zero-order chi connectivity index (χ0) is 10.6. The van der Waals surface area contributed by atoms with E-state index in [9.17, 15) is 4.39 Å². The molecule has 0 aliphatic carbocycles. The molecular formula is C9H11BrFN3. The summed E-state index contributed by atoms with van der Waals surface area (Å²) < 4.78 is 13.1. The third-order valence-electron chi connectivity index (χ3n) is 1.71. The molecule has 0 saturated heterocycles. The van der Waals surface area contributed by atoms with Gasteiger partial charge in [-0.2, -0.15) is 0 Å². The monoisotopic (exact) mass is 259 g/mol. The molecule has 0 amide bonds. The smallest absolute Gasteiger partial charge is 0.186 e. The first-order chi connectivity index (χ1) is 6.63. The van der Waals surface area contributed by atoms with Gasteiger partial charge in [0.2, 0.25) is 0 Å². The van der Waals surface area contributed by atoms with Crippen LogP contribution in [0.2, 0.25) is 0 Å². The fourth-order valence-corrected chi connectivity index (χ4v) is 1.51. The maximum absolute atomic E-state index is 12.3. The second-order valence-electron chi connectivity index (χ2n) is 2.80. The summed E-state index contributed by atoms with van der Waals surface area (Å²) >= 11 is 3.26. The number of rotatable bonds is 3. The molecule has 0 fully saturated rings. The van der Waals surface area contributed by atoms with Crippen molar-refractivity contribution in [3.05, 3.63) is 33.8 Å². The lowest BCUT2D eigenvalue weighted by molar-refractivity contribution is 0.484. The minimum Gasteiger partial charge on any atom is -0.370 e. The molecule has 4 N–H and O–H groups in total. The highest BCUT2D eigenvalue weighted by Gasteiger charge is 2.00. The first kappa shape index (κ1) is 11.0. The lowest BCUT2D eigenvalue weighted by Gasteiger charge is -2.02. The van der Waals surface area contributed by atoms with Gasteiger partial charge in [0.1, 0.15) is 6.67 Å². The molecule has 1 rings (SSSR count). The van der Waals surface area contributed by atoms with Crippen LogP contribution >= 0.6 is 15.9 Å². The van der Waals surface area contributed by atoms with E-state index >= 15 is 0 Å². The van der Waals surface area contributed by atoms with Gasteiger partial charge in [0.15, 0.2) is 5.96 Å². The summed E-state index contributed by atoms with van der Waals surface area (Å²) in [6, 6.07) is 5.31. The fourth-order valence-electron chi connectivity index (χ4n) is 0.980. The van der Waals surface area contributed by atoms with Crippen LogP contribution in [0.15, 0.2) is 27.7 Å². The molecule has 3 nitrogen and oxygen atoms in total. The van der Waals surface area contributed by atoms with Crippen molar-refractivity contribution in [2.24, 2.45) is 16.5 Å². The molecule has 0 saturated carbocycles. The Hall–Kier alpha value is -1.10. The Kier molecular flexibility index (Phi) is 3.88. The van der Waals surface area contributed by atoms with E-state index in [1.165, 1.54) is 0 Å².